The molecule has 118 valence electrons. The number of nitrogens with zero attached hydrogens (tertiary/aromatic N) is 3. The van der Waals surface area contributed by atoms with Crippen molar-refractivity contribution in [3.8, 4) is 0 Å². The third kappa shape index (κ3) is 4.21. The molecule has 7 nitrogen and oxygen atoms in total. The van der Waals surface area contributed by atoms with Crippen LogP contribution in [0.4, 0.5) is 5.69 Å². The molecule has 0 bridgehead atoms. The minimum Gasteiger partial charge on any atom is -0.395 e. The summed E-state index contributed by atoms with van der Waals surface area (Å²) in [6.45, 7) is 9.82. The van der Waals surface area contributed by atoms with Gasteiger partial charge in [0.25, 0.3) is 5.91 Å². The highest BCUT2D eigenvalue weighted by Crippen LogP contribution is 2.18. The van der Waals surface area contributed by atoms with Gasteiger partial charge in [0.15, 0.2) is 0 Å². The largest absolute Gasteiger partial charge is 0.395 e. The average molecular weight is 295 g/mol. The number of hydrogen-bond donors (Lipinski definition) is 2. The fraction of sp³-hybridized carbons (Fsp3) is 0.643. The number of anilines is 1. The van der Waals surface area contributed by atoms with Crippen molar-refractivity contribution in [2.24, 2.45) is 0 Å². The number of aryl methyl sites for hydroxylation is 2. The van der Waals surface area contributed by atoms with Crippen molar-refractivity contribution in [1.29, 1.82) is 0 Å². The van der Waals surface area contributed by atoms with Gasteiger partial charge in [-0.15, -0.1) is 0 Å². The van der Waals surface area contributed by atoms with Crippen molar-refractivity contribution in [1.82, 2.24) is 20.0 Å². The Balaban J connectivity index is 2.87. The molecule has 0 atom stereocenters. The third-order valence-electron chi connectivity index (χ3n) is 2.92. The van der Waals surface area contributed by atoms with E-state index in [0.29, 0.717) is 23.6 Å². The van der Waals surface area contributed by atoms with E-state index >= 15 is 0 Å². The molecule has 1 aromatic rings. The van der Waals surface area contributed by atoms with E-state index < -0.39 is 0 Å². The Hall–Kier alpha value is -2.05. The summed E-state index contributed by atoms with van der Waals surface area (Å²) in [5, 5.41) is 7.03. The lowest BCUT2D eigenvalue weighted by Crippen LogP contribution is -2.46. The topological polar surface area (TPSA) is 93.2 Å². The highest BCUT2D eigenvalue weighted by atomic mass is 16.2. The zero-order chi connectivity index (χ0) is 16.4. The van der Waals surface area contributed by atoms with Gasteiger partial charge in [0.05, 0.1) is 17.9 Å². The van der Waals surface area contributed by atoms with Crippen LogP contribution in [0.3, 0.4) is 0 Å². The van der Waals surface area contributed by atoms with Gasteiger partial charge < -0.3 is 16.0 Å². The second kappa shape index (κ2) is 6.15. The summed E-state index contributed by atoms with van der Waals surface area (Å²) in [6, 6.07) is 0. The molecular formula is C14H25N5O2. The fourth-order valence-electron chi connectivity index (χ4n) is 1.98. The smallest absolute Gasteiger partial charge is 0.274 e. The summed E-state index contributed by atoms with van der Waals surface area (Å²) < 4.78 is 1.56. The van der Waals surface area contributed by atoms with Crippen molar-refractivity contribution in [3.05, 3.63) is 11.4 Å². The molecule has 1 aromatic heterocycles. The van der Waals surface area contributed by atoms with Crippen LogP contribution < -0.4 is 11.1 Å². The lowest BCUT2D eigenvalue weighted by molar-refractivity contribution is -0.122. The molecule has 0 unspecified atom stereocenters. The first-order valence-electron chi connectivity index (χ1n) is 6.96. The minimum atomic E-state index is -0.332. The van der Waals surface area contributed by atoms with Gasteiger partial charge in [-0.1, -0.05) is 0 Å². The number of carbonyl (C=O) groups is 2. The Kier molecular flexibility index (Phi) is 4.98. The zero-order valence-electron chi connectivity index (χ0n) is 13.6. The summed E-state index contributed by atoms with van der Waals surface area (Å²) in [4.78, 5) is 25.7. The van der Waals surface area contributed by atoms with E-state index in [2.05, 4.69) is 10.4 Å². The molecule has 0 aromatic carbocycles. The molecule has 0 fully saturated rings. The number of nitrogens with two attached hydrogens (primary N) is 1. The number of amides is 2. The molecule has 0 aliphatic rings. The molecule has 0 spiro atoms. The average Bonchev–Trinajstić information content (AvgIpc) is 2.61. The second-order valence-electron chi connectivity index (χ2n) is 6.12. The SMILES string of the molecule is CCn1nc(C)c(N)c1C(=O)N(C)CC(=O)NC(C)(C)C. The lowest BCUT2D eigenvalue weighted by atomic mass is 10.1. The van der Waals surface area contributed by atoms with Crippen molar-refractivity contribution in [2.75, 3.05) is 19.3 Å². The molecule has 3 N–H and O–H groups in total. The Labute approximate surface area is 125 Å². The number of hydrogen-bond acceptors (Lipinski definition) is 4. The molecule has 1 rings (SSSR count). The monoisotopic (exact) mass is 295 g/mol. The van der Waals surface area contributed by atoms with Gasteiger partial charge in [0.1, 0.15) is 5.69 Å². The highest BCUT2D eigenvalue weighted by molar-refractivity contribution is 5.99. The fourth-order valence-corrected chi connectivity index (χ4v) is 1.98. The van der Waals surface area contributed by atoms with Crippen LogP contribution in [0.25, 0.3) is 0 Å². The predicted molar refractivity (Wildman–Crippen MR) is 81.9 cm³/mol. The van der Waals surface area contributed by atoms with E-state index in [1.165, 1.54) is 4.90 Å². The molecule has 1 heterocycles. The van der Waals surface area contributed by atoms with E-state index in [-0.39, 0.29) is 23.9 Å². The highest BCUT2D eigenvalue weighted by Gasteiger charge is 2.24. The molecule has 0 aliphatic heterocycles. The Morgan fingerprint density at radius 1 is 1.38 bits per heavy atom. The first-order chi connectivity index (χ1) is 9.56. The third-order valence-corrected chi connectivity index (χ3v) is 2.92. The normalized spacial score (nSPS) is 11.3. The van der Waals surface area contributed by atoms with Gasteiger partial charge in [0.2, 0.25) is 5.91 Å². The Morgan fingerprint density at radius 3 is 2.43 bits per heavy atom. The van der Waals surface area contributed by atoms with E-state index in [4.69, 9.17) is 5.73 Å². The van der Waals surface area contributed by atoms with Crippen LogP contribution in [-0.2, 0) is 11.3 Å². The van der Waals surface area contributed by atoms with Gasteiger partial charge in [0, 0.05) is 19.1 Å². The Morgan fingerprint density at radius 2 is 1.95 bits per heavy atom. The predicted octanol–water partition coefficient (Wildman–Crippen LogP) is 0.780. The van der Waals surface area contributed by atoms with Crippen molar-refractivity contribution < 1.29 is 9.59 Å². The van der Waals surface area contributed by atoms with Crippen molar-refractivity contribution in [3.63, 3.8) is 0 Å². The Bertz CT molecular complexity index is 542. The summed E-state index contributed by atoms with van der Waals surface area (Å²) in [6.07, 6.45) is 0. The van der Waals surface area contributed by atoms with Gasteiger partial charge in [-0.3, -0.25) is 14.3 Å². The van der Waals surface area contributed by atoms with Crippen LogP contribution in [0.15, 0.2) is 0 Å². The maximum absolute atomic E-state index is 12.5. The molecule has 0 saturated heterocycles. The summed E-state index contributed by atoms with van der Waals surface area (Å²) in [7, 11) is 1.58. The van der Waals surface area contributed by atoms with E-state index in [9.17, 15) is 9.59 Å². The van der Waals surface area contributed by atoms with Gasteiger partial charge in [-0.2, -0.15) is 5.10 Å². The quantitative estimate of drug-likeness (QED) is 0.858. The number of nitrogen functional groups attached to an aromatic ring is 1. The standard InChI is InChI=1S/C14H25N5O2/c1-7-19-12(11(15)9(2)17-19)13(21)18(6)8-10(20)16-14(3,4)5/h7-8,15H2,1-6H3,(H,16,20). The number of nitrogens with one attached hydrogen (secondary N) is 1. The van der Waals surface area contributed by atoms with Crippen molar-refractivity contribution in [2.45, 2.75) is 46.7 Å². The summed E-state index contributed by atoms with van der Waals surface area (Å²) in [5.41, 5.74) is 6.91. The van der Waals surface area contributed by atoms with Crippen LogP contribution >= 0.6 is 0 Å². The summed E-state index contributed by atoms with van der Waals surface area (Å²) in [5.74, 6) is -0.518. The molecule has 0 saturated carbocycles. The first kappa shape index (κ1) is 17.0. The molecule has 0 radical (unpaired) electrons. The maximum atomic E-state index is 12.5. The van der Waals surface area contributed by atoms with Gasteiger partial charge in [-0.25, -0.2) is 0 Å². The van der Waals surface area contributed by atoms with Crippen LogP contribution in [-0.4, -0.2) is 45.6 Å². The number of aromatic nitrogens is 2. The van der Waals surface area contributed by atoms with Gasteiger partial charge >= 0.3 is 0 Å². The zero-order valence-corrected chi connectivity index (χ0v) is 13.6. The molecular weight excluding hydrogens is 270 g/mol. The van der Waals surface area contributed by atoms with Crippen LogP contribution in [0.2, 0.25) is 0 Å². The number of likely N-dealkylation sites (N-methyl/N-ethyl adjacent to an activating group) is 1. The van der Waals surface area contributed by atoms with Gasteiger partial charge in [-0.05, 0) is 34.6 Å². The van der Waals surface area contributed by atoms with Crippen molar-refractivity contribution >= 4 is 17.5 Å². The minimum absolute atomic E-state index is 0.0243. The van der Waals surface area contributed by atoms with E-state index in [1.54, 1.807) is 18.7 Å². The molecule has 21 heavy (non-hydrogen) atoms. The summed E-state index contributed by atoms with van der Waals surface area (Å²) >= 11 is 0. The molecule has 0 aliphatic carbocycles. The number of rotatable bonds is 4. The van der Waals surface area contributed by atoms with Crippen LogP contribution in [0.5, 0.6) is 0 Å². The molecule has 7 heteroatoms. The second-order valence-corrected chi connectivity index (χ2v) is 6.12. The lowest BCUT2D eigenvalue weighted by Gasteiger charge is -2.23. The first-order valence-corrected chi connectivity index (χ1v) is 6.96. The van der Waals surface area contributed by atoms with Crippen LogP contribution in [0.1, 0.15) is 43.9 Å². The van der Waals surface area contributed by atoms with Crippen LogP contribution in [0, 0.1) is 6.92 Å². The molecule has 2 amide bonds. The van der Waals surface area contributed by atoms with E-state index in [1.807, 2.05) is 27.7 Å². The van der Waals surface area contributed by atoms with E-state index in [0.717, 1.165) is 0 Å². The maximum Gasteiger partial charge on any atom is 0.274 e. The number of carbonyl (C=O) groups excluding carboxylic acids is 2.